The lowest BCUT2D eigenvalue weighted by molar-refractivity contribution is 0.590. The van der Waals surface area contributed by atoms with Gasteiger partial charge in [-0.3, -0.25) is 0 Å². The molecule has 11 aromatic carbocycles. The third-order valence-corrected chi connectivity index (χ3v) is 18.3. The number of hydrogen-bond donors (Lipinski definition) is 0. The molecule has 0 N–H and O–H groups in total. The van der Waals surface area contributed by atoms with Crippen molar-refractivity contribution in [3.63, 3.8) is 0 Å². The molecule has 0 bridgehead atoms. The van der Waals surface area contributed by atoms with Crippen LogP contribution in [0.1, 0.15) is 103 Å². The van der Waals surface area contributed by atoms with Crippen LogP contribution in [0.25, 0.3) is 98.4 Å². The summed E-state index contributed by atoms with van der Waals surface area (Å²) in [6.45, 7) is 22.9. The van der Waals surface area contributed by atoms with Crippen LogP contribution < -0.4 is 9.80 Å². The molecule has 0 saturated heterocycles. The van der Waals surface area contributed by atoms with Crippen LogP contribution in [0.2, 0.25) is 0 Å². The summed E-state index contributed by atoms with van der Waals surface area (Å²) in [6, 6.07) is 87.6. The molecule has 0 atom stereocenters. The second-order valence-corrected chi connectivity index (χ2v) is 26.2. The minimum atomic E-state index is 0.0319. The first-order chi connectivity index (χ1) is 40.6. The standard InChI is InChI=1S/C80H70N4/c1-49(2)51-31-39-59(40-32-51)81(57-19-13-11-14-20-57)69-45-43-63-67-47-72-68(48-71(67)83-75-61(23-17-25-65(75)73(69)77(63)83)53-27-35-55(36-28-53)79(5,6)7)64-44-46-70(82(58-21-15-12-16-22-58)60-41-33-52(34-42-60)50(3)4)74-66-26-18-24-62(76(66)84(72)78(64)74)54-29-37-56(38-30-54)80(8,9)10/h11-50H,1-10H3. The van der Waals surface area contributed by atoms with Crippen molar-refractivity contribution in [1.29, 1.82) is 0 Å². The fourth-order valence-corrected chi connectivity index (χ4v) is 13.8. The first-order valence-electron chi connectivity index (χ1n) is 30.1. The molecule has 410 valence electrons. The highest BCUT2D eigenvalue weighted by atomic mass is 15.2. The molecule has 0 fully saturated rings. The molecule has 4 heteroatoms. The maximum atomic E-state index is 2.63. The molecular formula is C80H70N4. The van der Waals surface area contributed by atoms with Crippen molar-refractivity contribution in [2.45, 2.75) is 91.9 Å². The van der Waals surface area contributed by atoms with E-state index in [-0.39, 0.29) is 10.8 Å². The van der Waals surface area contributed by atoms with Crippen molar-refractivity contribution in [2.24, 2.45) is 0 Å². The fourth-order valence-electron chi connectivity index (χ4n) is 13.8. The van der Waals surface area contributed by atoms with E-state index in [1.807, 2.05) is 0 Å². The van der Waals surface area contributed by atoms with E-state index in [1.54, 1.807) is 0 Å². The van der Waals surface area contributed by atoms with Crippen LogP contribution in [0.15, 0.2) is 231 Å². The van der Waals surface area contributed by atoms with Gasteiger partial charge in [-0.2, -0.15) is 0 Å². The average molecular weight is 1090 g/mol. The number of benzene rings is 11. The van der Waals surface area contributed by atoms with Crippen molar-refractivity contribution in [3.8, 4) is 22.3 Å². The van der Waals surface area contributed by atoms with Gasteiger partial charge in [-0.15, -0.1) is 0 Å². The molecule has 0 spiro atoms. The van der Waals surface area contributed by atoms with E-state index in [0.717, 1.165) is 34.1 Å². The quantitative estimate of drug-likeness (QED) is 0.136. The number of hydrogen-bond acceptors (Lipinski definition) is 2. The number of anilines is 6. The number of aromatic nitrogens is 2. The Morgan fingerprint density at radius 3 is 1.01 bits per heavy atom. The minimum absolute atomic E-state index is 0.0319. The molecule has 0 unspecified atom stereocenters. The van der Waals surface area contributed by atoms with Crippen LogP contribution in [-0.4, -0.2) is 8.80 Å². The summed E-state index contributed by atoms with van der Waals surface area (Å²) in [6.07, 6.45) is 0. The average Bonchev–Trinajstić information content (AvgIpc) is 1.55. The Morgan fingerprint density at radius 1 is 0.310 bits per heavy atom. The second kappa shape index (κ2) is 19.1. The monoisotopic (exact) mass is 1090 g/mol. The lowest BCUT2D eigenvalue weighted by atomic mass is 9.86. The molecule has 4 heterocycles. The molecule has 0 amide bonds. The summed E-state index contributed by atoms with van der Waals surface area (Å²) in [4.78, 5) is 4.95. The van der Waals surface area contributed by atoms with Crippen LogP contribution in [0.5, 0.6) is 0 Å². The Labute approximate surface area is 493 Å². The van der Waals surface area contributed by atoms with Gasteiger partial charge in [-0.25, -0.2) is 0 Å². The van der Waals surface area contributed by atoms with Gasteiger partial charge in [0.2, 0.25) is 0 Å². The number of para-hydroxylation sites is 4. The highest BCUT2D eigenvalue weighted by Gasteiger charge is 2.30. The van der Waals surface area contributed by atoms with Crippen LogP contribution >= 0.6 is 0 Å². The maximum absolute atomic E-state index is 2.63. The van der Waals surface area contributed by atoms with Gasteiger partial charge in [0.05, 0.1) is 44.5 Å². The molecule has 4 aromatic heterocycles. The SMILES string of the molecule is CC(C)c1ccc(N(c2ccccc2)c2ccc3c4cc5c(cc4n4c6c(-c7ccc(C(C)(C)C)cc7)cccc6c2c34)c2ccc(N(c3ccccc3)c3ccc(C(C)C)cc3)c3c4cccc(-c6ccc(C(C)(C)C)cc6)c4n5c23)cc1. The van der Waals surface area contributed by atoms with Gasteiger partial charge in [-0.05, 0) is 129 Å². The molecule has 0 radical (unpaired) electrons. The van der Waals surface area contributed by atoms with E-state index in [0.29, 0.717) is 11.8 Å². The van der Waals surface area contributed by atoms with E-state index in [4.69, 9.17) is 0 Å². The predicted molar refractivity (Wildman–Crippen MR) is 362 cm³/mol. The van der Waals surface area contributed by atoms with Gasteiger partial charge < -0.3 is 18.6 Å². The van der Waals surface area contributed by atoms with Crippen molar-refractivity contribution in [1.82, 2.24) is 8.80 Å². The molecule has 0 aliphatic heterocycles. The molecule has 0 aliphatic carbocycles. The summed E-state index contributed by atoms with van der Waals surface area (Å²) in [5.41, 5.74) is 24.3. The van der Waals surface area contributed by atoms with E-state index in [2.05, 4.69) is 318 Å². The first kappa shape index (κ1) is 51.5. The number of rotatable bonds is 10. The Kier molecular flexibility index (Phi) is 11.7. The lowest BCUT2D eigenvalue weighted by Crippen LogP contribution is -2.10. The fraction of sp³-hybridized carbons (Fsp3) is 0.175. The topological polar surface area (TPSA) is 15.3 Å². The van der Waals surface area contributed by atoms with E-state index < -0.39 is 0 Å². The zero-order valence-electron chi connectivity index (χ0n) is 49.9. The summed E-state index contributed by atoms with van der Waals surface area (Å²) in [5, 5.41) is 9.90. The molecule has 0 aliphatic rings. The lowest BCUT2D eigenvalue weighted by Gasteiger charge is -2.27. The number of nitrogens with zero attached hydrogens (tertiary/aromatic N) is 4. The highest BCUT2D eigenvalue weighted by Crippen LogP contribution is 2.53. The van der Waals surface area contributed by atoms with E-state index in [1.165, 1.54) is 121 Å². The predicted octanol–water partition coefficient (Wildman–Crippen LogP) is 23.1. The van der Waals surface area contributed by atoms with Gasteiger partial charge in [0.25, 0.3) is 0 Å². The van der Waals surface area contributed by atoms with Gasteiger partial charge in [0, 0.05) is 77.0 Å². The van der Waals surface area contributed by atoms with Crippen molar-refractivity contribution >= 4 is 110 Å². The minimum Gasteiger partial charge on any atom is -0.310 e. The third kappa shape index (κ3) is 7.94. The smallest absolute Gasteiger partial charge is 0.0641 e. The summed E-state index contributed by atoms with van der Waals surface area (Å²) < 4.78 is 5.27. The normalized spacial score (nSPS) is 12.6. The molecule has 0 saturated carbocycles. The zero-order valence-corrected chi connectivity index (χ0v) is 49.9. The van der Waals surface area contributed by atoms with Crippen LogP contribution in [0.3, 0.4) is 0 Å². The van der Waals surface area contributed by atoms with Crippen molar-refractivity contribution in [3.05, 3.63) is 253 Å². The molecule has 15 rings (SSSR count). The zero-order chi connectivity index (χ0) is 57.5. The Bertz CT molecular complexity index is 4650. The van der Waals surface area contributed by atoms with Crippen LogP contribution in [0.4, 0.5) is 34.1 Å². The highest BCUT2D eigenvalue weighted by molar-refractivity contribution is 6.33. The Morgan fingerprint density at radius 2 is 0.667 bits per heavy atom. The molecule has 84 heavy (non-hydrogen) atoms. The van der Waals surface area contributed by atoms with Gasteiger partial charge in [-0.1, -0.05) is 227 Å². The number of fused-ring (bicyclic) bond motifs is 12. The largest absolute Gasteiger partial charge is 0.310 e. The second-order valence-electron chi connectivity index (χ2n) is 26.2. The summed E-state index contributed by atoms with van der Waals surface area (Å²) >= 11 is 0. The van der Waals surface area contributed by atoms with E-state index in [9.17, 15) is 0 Å². The van der Waals surface area contributed by atoms with Crippen molar-refractivity contribution in [2.75, 3.05) is 9.80 Å². The van der Waals surface area contributed by atoms with Gasteiger partial charge in [0.1, 0.15) is 0 Å². The Hall–Kier alpha value is -9.38. The van der Waals surface area contributed by atoms with Crippen LogP contribution in [0, 0.1) is 0 Å². The summed E-state index contributed by atoms with van der Waals surface area (Å²) in [5.74, 6) is 0.854. The Balaban J connectivity index is 1.07. The van der Waals surface area contributed by atoms with E-state index >= 15 is 0 Å². The van der Waals surface area contributed by atoms with Gasteiger partial charge >= 0.3 is 0 Å². The van der Waals surface area contributed by atoms with Crippen molar-refractivity contribution < 1.29 is 0 Å². The summed E-state index contributed by atoms with van der Waals surface area (Å²) in [7, 11) is 0. The molecule has 4 nitrogen and oxygen atoms in total. The molecular weight excluding hydrogens is 1020 g/mol. The third-order valence-electron chi connectivity index (χ3n) is 18.3. The van der Waals surface area contributed by atoms with Gasteiger partial charge in [0.15, 0.2) is 0 Å². The first-order valence-corrected chi connectivity index (χ1v) is 30.1. The molecule has 15 aromatic rings. The maximum Gasteiger partial charge on any atom is 0.0641 e. The van der Waals surface area contributed by atoms with Crippen LogP contribution in [-0.2, 0) is 10.8 Å².